The minimum Gasteiger partial charge on any atom is -0.450 e. The number of allylic oxidation sites excluding steroid dienone is 2. The number of amides is 1. The van der Waals surface area contributed by atoms with Gasteiger partial charge < -0.3 is 30.1 Å². The molecule has 46 heavy (non-hydrogen) atoms. The first kappa shape index (κ1) is 31.5. The smallest absolute Gasteiger partial charge is 0.416 e. The van der Waals surface area contributed by atoms with E-state index in [2.05, 4.69) is 25.6 Å². The normalized spacial score (nSPS) is 18.1. The molecule has 3 N–H and O–H groups in total. The van der Waals surface area contributed by atoms with Gasteiger partial charge in [-0.05, 0) is 30.5 Å². The number of alkyl halides is 3. The van der Waals surface area contributed by atoms with Crippen molar-refractivity contribution in [3.8, 4) is 5.75 Å². The summed E-state index contributed by atoms with van der Waals surface area (Å²) in [6.45, 7) is 1.31. The summed E-state index contributed by atoms with van der Waals surface area (Å²) in [5, 5.41) is 14.0. The van der Waals surface area contributed by atoms with Gasteiger partial charge in [0.15, 0.2) is 23.0 Å². The van der Waals surface area contributed by atoms with E-state index in [-0.39, 0.29) is 63.9 Å². The van der Waals surface area contributed by atoms with Gasteiger partial charge in [-0.1, -0.05) is 17.7 Å². The number of hydrogen-bond acceptors (Lipinski definition) is 10. The fraction of sp³-hybridized carbons (Fsp3) is 0.367. The molecule has 0 radical (unpaired) electrons. The standard InChI is InChI=1S/C30H31ClF3N9O3/c1-41(28(44)16-4-5-16)24-12-36-21(10-37-24)22(9-35)46-23-11-38-27-26(25(23)31)42(2)29(40-27)39-18-7-6-17(20(8-18)30(32,33)34)13-43-14-19(15-43)45-3/h6-12,16,19,35-36H,4-5,13-15H2,1-3H3,(H,38,39,40)/b22-21+,35-9?. The second-order valence-electron chi connectivity index (χ2n) is 11.3. The van der Waals surface area contributed by atoms with Gasteiger partial charge in [-0.25, -0.2) is 9.98 Å². The molecule has 3 aliphatic rings. The van der Waals surface area contributed by atoms with Gasteiger partial charge in [-0.15, -0.1) is 0 Å². The third-order valence-corrected chi connectivity index (χ3v) is 8.39. The molecule has 1 aliphatic carbocycles. The van der Waals surface area contributed by atoms with Crippen LogP contribution in [-0.2, 0) is 29.3 Å². The lowest BCUT2D eigenvalue weighted by molar-refractivity contribution is -0.138. The number of nitrogens with zero attached hydrogens (tertiary/aromatic N) is 6. The lowest BCUT2D eigenvalue weighted by Crippen LogP contribution is -2.51. The number of carbonyl (C=O) groups is 1. The third kappa shape index (κ3) is 6.30. The Hall–Kier alpha value is -4.47. The van der Waals surface area contributed by atoms with Crippen LogP contribution < -0.4 is 15.4 Å². The summed E-state index contributed by atoms with van der Waals surface area (Å²) >= 11 is 6.71. The van der Waals surface area contributed by atoms with Crippen molar-refractivity contribution in [3.63, 3.8) is 0 Å². The molecule has 242 valence electrons. The highest BCUT2D eigenvalue weighted by Crippen LogP contribution is 2.37. The number of pyridine rings is 1. The number of likely N-dealkylation sites (tertiary alicyclic amines) is 1. The number of halogens is 4. The first-order chi connectivity index (χ1) is 22.0. The van der Waals surface area contributed by atoms with Crippen LogP contribution in [0, 0.1) is 11.3 Å². The number of aromatic nitrogens is 3. The minimum atomic E-state index is -4.55. The maximum absolute atomic E-state index is 14.0. The Morgan fingerprint density at radius 2 is 2.07 bits per heavy atom. The average Bonchev–Trinajstić information content (AvgIpc) is 3.82. The van der Waals surface area contributed by atoms with Crippen LogP contribution in [-0.4, -0.2) is 76.0 Å². The van der Waals surface area contributed by atoms with Crippen molar-refractivity contribution in [1.29, 1.82) is 5.41 Å². The molecule has 1 saturated carbocycles. The molecule has 4 heterocycles. The van der Waals surface area contributed by atoms with E-state index in [1.165, 1.54) is 23.4 Å². The molecule has 0 spiro atoms. The quantitative estimate of drug-likeness (QED) is 0.209. The largest absolute Gasteiger partial charge is 0.450 e. The van der Waals surface area contributed by atoms with Gasteiger partial charge in [0, 0.05) is 58.6 Å². The number of benzene rings is 1. The zero-order valence-corrected chi connectivity index (χ0v) is 25.9. The highest BCUT2D eigenvalue weighted by molar-refractivity contribution is 6.36. The number of imidazole rings is 1. The molecule has 6 rings (SSSR count). The second-order valence-corrected chi connectivity index (χ2v) is 11.6. The molecule has 2 aromatic heterocycles. The Labute approximate surface area is 267 Å². The first-order valence-corrected chi connectivity index (χ1v) is 14.8. The average molecular weight is 658 g/mol. The van der Waals surface area contributed by atoms with Crippen molar-refractivity contribution >= 4 is 52.7 Å². The molecule has 1 amide bonds. The van der Waals surface area contributed by atoms with Crippen molar-refractivity contribution in [3.05, 3.63) is 64.0 Å². The summed E-state index contributed by atoms with van der Waals surface area (Å²) in [6, 6.07) is 4.09. The van der Waals surface area contributed by atoms with E-state index in [4.69, 9.17) is 26.5 Å². The maximum Gasteiger partial charge on any atom is 0.416 e. The summed E-state index contributed by atoms with van der Waals surface area (Å²) in [6.07, 6.45) is 2.54. The zero-order valence-electron chi connectivity index (χ0n) is 25.2. The van der Waals surface area contributed by atoms with E-state index in [0.717, 1.165) is 25.1 Å². The molecular formula is C30H31ClF3N9O3. The van der Waals surface area contributed by atoms with Crippen LogP contribution in [0.25, 0.3) is 11.2 Å². The molecule has 0 unspecified atom stereocenters. The fourth-order valence-corrected chi connectivity index (χ4v) is 5.48. The number of aliphatic imine (C=N–C) groups is 1. The molecular weight excluding hydrogens is 627 g/mol. The Morgan fingerprint density at radius 3 is 2.70 bits per heavy atom. The Balaban J connectivity index is 1.21. The van der Waals surface area contributed by atoms with E-state index < -0.39 is 11.7 Å². The first-order valence-electron chi connectivity index (χ1n) is 14.4. The van der Waals surface area contributed by atoms with E-state index in [0.29, 0.717) is 30.1 Å². The summed E-state index contributed by atoms with van der Waals surface area (Å²) < 4.78 is 54.8. The monoisotopic (exact) mass is 657 g/mol. The van der Waals surface area contributed by atoms with E-state index >= 15 is 0 Å². The van der Waals surface area contributed by atoms with Crippen LogP contribution in [0.1, 0.15) is 24.0 Å². The van der Waals surface area contributed by atoms with Crippen LogP contribution >= 0.6 is 11.6 Å². The molecule has 3 aromatic rings. The summed E-state index contributed by atoms with van der Waals surface area (Å²) in [5.74, 6) is 0.865. The van der Waals surface area contributed by atoms with E-state index in [9.17, 15) is 18.0 Å². The van der Waals surface area contributed by atoms with Gasteiger partial charge in [-0.2, -0.15) is 18.2 Å². The predicted octanol–water partition coefficient (Wildman–Crippen LogP) is 4.80. The molecule has 16 heteroatoms. The van der Waals surface area contributed by atoms with Gasteiger partial charge in [0.2, 0.25) is 11.9 Å². The van der Waals surface area contributed by atoms with Gasteiger partial charge in [0.1, 0.15) is 16.2 Å². The maximum atomic E-state index is 14.0. The highest BCUT2D eigenvalue weighted by Gasteiger charge is 2.36. The van der Waals surface area contributed by atoms with Crippen LogP contribution in [0.2, 0.25) is 5.02 Å². The molecule has 0 atom stereocenters. The number of aryl methyl sites for hydroxylation is 1. The fourth-order valence-electron chi connectivity index (χ4n) is 5.19. The summed E-state index contributed by atoms with van der Waals surface area (Å²) in [5.41, 5.74) is 0.573. The van der Waals surface area contributed by atoms with Crippen LogP contribution in [0.15, 0.2) is 52.9 Å². The Kier molecular flexibility index (Phi) is 8.48. The van der Waals surface area contributed by atoms with Gasteiger partial charge in [0.05, 0.1) is 30.3 Å². The van der Waals surface area contributed by atoms with Gasteiger partial charge in [-0.3, -0.25) is 14.6 Å². The molecule has 0 bridgehead atoms. The number of ether oxygens (including phenoxy) is 2. The lowest BCUT2D eigenvalue weighted by Gasteiger charge is -2.38. The van der Waals surface area contributed by atoms with Crippen molar-refractivity contribution < 1.29 is 27.4 Å². The lowest BCUT2D eigenvalue weighted by atomic mass is 10.0. The van der Waals surface area contributed by atoms with Crippen LogP contribution in [0.3, 0.4) is 0 Å². The number of hydrogen-bond donors (Lipinski definition) is 3. The highest BCUT2D eigenvalue weighted by atomic mass is 35.5. The SMILES string of the molecule is COC1CN(Cc2ccc(Nc3nc4ncc(O/C(C=N)=C5\C=NC(N(C)C(=O)C6CC6)=CN5)c(Cl)c4n3C)cc2C(F)(F)F)C1. The molecule has 1 saturated heterocycles. The summed E-state index contributed by atoms with van der Waals surface area (Å²) in [4.78, 5) is 28.8. The second kappa shape index (κ2) is 12.4. The topological polar surface area (TPSA) is 133 Å². The Bertz CT molecular complexity index is 1790. The molecule has 2 aliphatic heterocycles. The number of fused-ring (bicyclic) bond motifs is 1. The van der Waals surface area contributed by atoms with E-state index in [1.54, 1.807) is 38.0 Å². The van der Waals surface area contributed by atoms with Gasteiger partial charge >= 0.3 is 6.18 Å². The van der Waals surface area contributed by atoms with Crippen molar-refractivity contribution in [1.82, 2.24) is 29.7 Å². The number of nitrogens with one attached hydrogen (secondary N) is 3. The van der Waals surface area contributed by atoms with E-state index in [1.807, 2.05) is 4.90 Å². The number of rotatable bonds is 10. The Morgan fingerprint density at radius 1 is 1.30 bits per heavy atom. The third-order valence-electron chi connectivity index (χ3n) is 8.03. The molecule has 2 fully saturated rings. The number of methoxy groups -OCH3 is 1. The van der Waals surface area contributed by atoms with Crippen molar-refractivity contribution in [2.45, 2.75) is 31.7 Å². The molecule has 12 nitrogen and oxygen atoms in total. The van der Waals surface area contributed by atoms with Crippen LogP contribution in [0.4, 0.5) is 24.8 Å². The number of carbonyl (C=O) groups excluding carboxylic acids is 1. The molecule has 1 aromatic carbocycles. The number of anilines is 2. The van der Waals surface area contributed by atoms with Crippen LogP contribution in [0.5, 0.6) is 5.75 Å². The summed E-state index contributed by atoms with van der Waals surface area (Å²) in [7, 11) is 4.88. The minimum absolute atomic E-state index is 0.00156. The van der Waals surface area contributed by atoms with Crippen molar-refractivity contribution in [2.75, 3.05) is 32.6 Å². The van der Waals surface area contributed by atoms with Gasteiger partial charge in [0.25, 0.3) is 0 Å². The van der Waals surface area contributed by atoms with Crippen molar-refractivity contribution in [2.24, 2.45) is 18.0 Å². The predicted molar refractivity (Wildman–Crippen MR) is 166 cm³/mol. The zero-order chi connectivity index (χ0) is 32.7.